The molecule has 0 saturated carbocycles. The molecule has 3 heterocycles. The van der Waals surface area contributed by atoms with Crippen molar-refractivity contribution in [3.8, 4) is 22.6 Å². The van der Waals surface area contributed by atoms with Crippen LogP contribution in [0.5, 0.6) is 11.5 Å². The molecule has 0 radical (unpaired) electrons. The molecule has 0 spiro atoms. The van der Waals surface area contributed by atoms with Crippen LogP contribution in [0, 0.1) is 6.92 Å². The summed E-state index contributed by atoms with van der Waals surface area (Å²) in [6.07, 6.45) is 8.11. The average Bonchev–Trinajstić information content (AvgIpc) is 3.61. The SMILES string of the molecule is COc1cc(O)ccc1-c1ccc2c(c1)NC(=O)/C2=C\c1cc(C(=O)NCCCn2ccnc2)c(C)[se]1. The summed E-state index contributed by atoms with van der Waals surface area (Å²) >= 11 is -0.0289. The van der Waals surface area contributed by atoms with Crippen molar-refractivity contribution in [2.75, 3.05) is 19.0 Å². The number of ether oxygens (including phenoxy) is 1. The molecule has 8 nitrogen and oxygen atoms in total. The third-order valence-electron chi connectivity index (χ3n) is 6.20. The van der Waals surface area contributed by atoms with Gasteiger partial charge in [0, 0.05) is 0 Å². The summed E-state index contributed by atoms with van der Waals surface area (Å²) < 4.78 is 9.42. The standard InChI is InChI=1S/C28H26N4O4Se/c1-17-23(27(34)30-8-3-10-32-11-9-29-16-32)14-20(37-17)15-24-22-6-4-18(12-25(22)31-28(24)35)21-7-5-19(33)13-26(21)36-2/h4-7,9,11-16,33H,3,8,10H2,1-2H3,(H,30,34)(H,31,35)/b24-15-. The van der Waals surface area contributed by atoms with Crippen molar-refractivity contribution in [3.05, 3.63) is 81.2 Å². The second-order valence-electron chi connectivity index (χ2n) is 8.69. The molecular formula is C28H26N4O4Se. The van der Waals surface area contributed by atoms with Crippen LogP contribution >= 0.6 is 0 Å². The molecule has 0 atom stereocenters. The fourth-order valence-electron chi connectivity index (χ4n) is 4.35. The number of nitrogens with one attached hydrogen (secondary N) is 2. The third-order valence-corrected chi connectivity index (χ3v) is 8.30. The number of carbonyl (C=O) groups excluding carboxylic acids is 2. The zero-order valence-electron chi connectivity index (χ0n) is 20.4. The Morgan fingerprint density at radius 1 is 1.22 bits per heavy atom. The topological polar surface area (TPSA) is 105 Å². The van der Waals surface area contributed by atoms with E-state index in [2.05, 4.69) is 15.6 Å². The Labute approximate surface area is 220 Å². The van der Waals surface area contributed by atoms with E-state index in [9.17, 15) is 14.7 Å². The van der Waals surface area contributed by atoms with E-state index in [1.165, 1.54) is 0 Å². The Morgan fingerprint density at radius 2 is 2.05 bits per heavy atom. The van der Waals surface area contributed by atoms with Gasteiger partial charge in [-0.05, 0) is 0 Å². The molecule has 1 aliphatic heterocycles. The third kappa shape index (κ3) is 5.23. The number of aryl methyl sites for hydroxylation is 2. The molecule has 0 aliphatic carbocycles. The van der Waals surface area contributed by atoms with Crippen LogP contribution in [0.2, 0.25) is 0 Å². The van der Waals surface area contributed by atoms with Crippen molar-refractivity contribution >= 4 is 43.7 Å². The van der Waals surface area contributed by atoms with Gasteiger partial charge in [0.1, 0.15) is 0 Å². The van der Waals surface area contributed by atoms with Gasteiger partial charge in [-0.3, -0.25) is 0 Å². The fraction of sp³-hybridized carbons (Fsp3) is 0.179. The predicted octanol–water partition coefficient (Wildman–Crippen LogP) is 3.94. The number of methoxy groups -OCH3 is 1. The molecule has 0 unspecified atom stereocenters. The summed E-state index contributed by atoms with van der Waals surface area (Å²) in [4.78, 5) is 29.6. The second-order valence-corrected chi connectivity index (χ2v) is 11.4. The quantitative estimate of drug-likeness (QED) is 0.172. The Hall–Kier alpha value is -4.07. The van der Waals surface area contributed by atoms with E-state index < -0.39 is 0 Å². The number of carbonyl (C=O) groups is 2. The molecule has 9 heteroatoms. The molecule has 2 aromatic heterocycles. The number of hydrogen-bond acceptors (Lipinski definition) is 5. The molecule has 188 valence electrons. The Bertz CT molecular complexity index is 1500. The van der Waals surface area contributed by atoms with E-state index in [1.807, 2.05) is 48.0 Å². The number of amides is 2. The van der Waals surface area contributed by atoms with Crippen molar-refractivity contribution in [1.82, 2.24) is 14.9 Å². The Kier molecular flexibility index (Phi) is 6.99. The first-order chi connectivity index (χ1) is 17.9. The number of aromatic hydroxyl groups is 1. The van der Waals surface area contributed by atoms with Crippen LogP contribution < -0.4 is 15.4 Å². The molecule has 0 bridgehead atoms. The molecule has 0 saturated heterocycles. The summed E-state index contributed by atoms with van der Waals surface area (Å²) in [5.74, 6) is 0.421. The van der Waals surface area contributed by atoms with E-state index in [-0.39, 0.29) is 32.1 Å². The van der Waals surface area contributed by atoms with Gasteiger partial charge in [-0.2, -0.15) is 0 Å². The number of hydrogen-bond donors (Lipinski definition) is 3. The van der Waals surface area contributed by atoms with Gasteiger partial charge in [0.05, 0.1) is 0 Å². The van der Waals surface area contributed by atoms with Gasteiger partial charge in [0.15, 0.2) is 0 Å². The van der Waals surface area contributed by atoms with E-state index in [4.69, 9.17) is 4.74 Å². The molecule has 2 amide bonds. The van der Waals surface area contributed by atoms with Crippen molar-refractivity contribution < 1.29 is 19.4 Å². The maximum absolute atomic E-state index is 12.8. The predicted molar refractivity (Wildman–Crippen MR) is 144 cm³/mol. The first kappa shape index (κ1) is 24.6. The van der Waals surface area contributed by atoms with Crippen molar-refractivity contribution in [1.29, 1.82) is 0 Å². The molecule has 2 aromatic carbocycles. The molecule has 3 N–H and O–H groups in total. The first-order valence-corrected chi connectivity index (χ1v) is 13.5. The summed E-state index contributed by atoms with van der Waals surface area (Å²) in [7, 11) is 1.55. The van der Waals surface area contributed by atoms with Gasteiger partial charge >= 0.3 is 221 Å². The van der Waals surface area contributed by atoms with Gasteiger partial charge in [0.25, 0.3) is 0 Å². The van der Waals surface area contributed by atoms with Crippen molar-refractivity contribution in [2.24, 2.45) is 0 Å². The molecule has 0 fully saturated rings. The van der Waals surface area contributed by atoms with Crippen LogP contribution in [-0.4, -0.2) is 54.6 Å². The zero-order chi connectivity index (χ0) is 25.9. The van der Waals surface area contributed by atoms with Crippen molar-refractivity contribution in [2.45, 2.75) is 19.9 Å². The maximum atomic E-state index is 12.8. The van der Waals surface area contributed by atoms with Gasteiger partial charge in [-0.15, -0.1) is 0 Å². The molecule has 5 rings (SSSR count). The normalized spacial score (nSPS) is 13.5. The van der Waals surface area contributed by atoms with Crippen molar-refractivity contribution in [3.63, 3.8) is 0 Å². The minimum atomic E-state index is -0.170. The Balaban J connectivity index is 1.32. The van der Waals surface area contributed by atoms with Gasteiger partial charge in [0.2, 0.25) is 0 Å². The zero-order valence-corrected chi connectivity index (χ0v) is 22.2. The number of phenols is 1. The number of fused-ring (bicyclic) bond motifs is 1. The van der Waals surface area contributed by atoms with E-state index >= 15 is 0 Å². The number of rotatable bonds is 8. The number of aromatic nitrogens is 2. The summed E-state index contributed by atoms with van der Waals surface area (Å²) in [5, 5.41) is 15.7. The van der Waals surface area contributed by atoms with Crippen LogP contribution in [-0.2, 0) is 11.3 Å². The number of phenolic OH excluding ortho intramolecular Hbond substituents is 1. The van der Waals surface area contributed by atoms with Crippen LogP contribution in [0.25, 0.3) is 22.8 Å². The monoisotopic (exact) mass is 562 g/mol. The fourth-order valence-corrected chi connectivity index (χ4v) is 6.38. The number of nitrogens with zero attached hydrogens (tertiary/aromatic N) is 2. The molecular weight excluding hydrogens is 535 g/mol. The summed E-state index contributed by atoms with van der Waals surface area (Å²) in [5.41, 5.74) is 4.49. The second kappa shape index (κ2) is 10.5. The Morgan fingerprint density at radius 3 is 2.84 bits per heavy atom. The number of anilines is 1. The summed E-state index contributed by atoms with van der Waals surface area (Å²) in [6, 6.07) is 12.6. The molecule has 4 aromatic rings. The van der Waals surface area contributed by atoms with E-state index in [1.54, 1.807) is 37.8 Å². The average molecular weight is 562 g/mol. The minimum absolute atomic E-state index is 0.0289. The van der Waals surface area contributed by atoms with E-state index in [0.29, 0.717) is 23.4 Å². The number of benzene rings is 2. The van der Waals surface area contributed by atoms with Crippen LogP contribution in [0.4, 0.5) is 5.69 Å². The number of imidazole rings is 1. The van der Waals surface area contributed by atoms with Crippen LogP contribution in [0.3, 0.4) is 0 Å². The first-order valence-electron chi connectivity index (χ1n) is 11.8. The van der Waals surface area contributed by atoms with Crippen LogP contribution in [0.1, 0.15) is 31.2 Å². The van der Waals surface area contributed by atoms with Gasteiger partial charge in [-0.1, -0.05) is 0 Å². The molecule has 37 heavy (non-hydrogen) atoms. The molecule has 1 aliphatic rings. The van der Waals surface area contributed by atoms with E-state index in [0.717, 1.165) is 44.2 Å². The summed E-state index contributed by atoms with van der Waals surface area (Å²) in [6.45, 7) is 3.35. The van der Waals surface area contributed by atoms with Gasteiger partial charge in [-0.25, -0.2) is 0 Å². The van der Waals surface area contributed by atoms with Crippen LogP contribution in [0.15, 0.2) is 61.2 Å². The van der Waals surface area contributed by atoms with Gasteiger partial charge < -0.3 is 0 Å².